The van der Waals surface area contributed by atoms with Gasteiger partial charge in [-0.3, -0.25) is 9.69 Å². The van der Waals surface area contributed by atoms with Crippen molar-refractivity contribution in [2.75, 3.05) is 33.2 Å². The molecule has 1 aromatic rings. The average Bonchev–Trinajstić information content (AvgIpc) is 2.69. The third-order valence-corrected chi connectivity index (χ3v) is 3.27. The normalized spacial score (nSPS) is 18.5. The molecule has 1 aromatic heterocycles. The van der Waals surface area contributed by atoms with E-state index in [4.69, 9.17) is 0 Å². The van der Waals surface area contributed by atoms with Crippen molar-refractivity contribution in [2.24, 2.45) is 0 Å². The molecular formula is C10H15N3OS. The lowest BCUT2D eigenvalue weighted by molar-refractivity contribution is -0.135. The second kappa shape index (κ2) is 4.72. The van der Waals surface area contributed by atoms with E-state index in [1.54, 1.807) is 11.3 Å². The van der Waals surface area contributed by atoms with E-state index in [1.165, 1.54) is 0 Å². The van der Waals surface area contributed by atoms with Crippen molar-refractivity contribution in [3.8, 4) is 0 Å². The van der Waals surface area contributed by atoms with E-state index >= 15 is 0 Å². The van der Waals surface area contributed by atoms with Crippen molar-refractivity contribution >= 4 is 17.2 Å². The zero-order valence-corrected chi connectivity index (χ0v) is 9.66. The molecule has 0 aliphatic carbocycles. The predicted octanol–water partition coefficient (Wildman–Crippen LogP) is 0.460. The molecule has 1 aliphatic rings. The van der Waals surface area contributed by atoms with Gasteiger partial charge in [-0.2, -0.15) is 0 Å². The van der Waals surface area contributed by atoms with Crippen LogP contribution in [0.3, 0.4) is 0 Å². The molecule has 0 N–H and O–H groups in total. The fraction of sp³-hybridized carbons (Fsp3) is 0.600. The Kier molecular flexibility index (Phi) is 3.33. The monoisotopic (exact) mass is 225 g/mol. The largest absolute Gasteiger partial charge is 0.340 e. The Morgan fingerprint density at radius 1 is 1.53 bits per heavy atom. The smallest absolute Gasteiger partial charge is 0.236 e. The van der Waals surface area contributed by atoms with Gasteiger partial charge in [-0.25, -0.2) is 4.98 Å². The molecule has 2 heterocycles. The summed E-state index contributed by atoms with van der Waals surface area (Å²) in [6.45, 7) is 3.18. The first-order valence-corrected chi connectivity index (χ1v) is 6.03. The van der Waals surface area contributed by atoms with Gasteiger partial charge in [0.05, 0.1) is 17.7 Å². The van der Waals surface area contributed by atoms with E-state index in [1.807, 2.05) is 22.8 Å². The molecule has 0 saturated carbocycles. The number of hydrogen-bond donors (Lipinski definition) is 0. The first kappa shape index (κ1) is 10.6. The molecule has 0 radical (unpaired) electrons. The van der Waals surface area contributed by atoms with Gasteiger partial charge in [-0.05, 0) is 7.05 Å². The topological polar surface area (TPSA) is 36.4 Å². The molecule has 82 valence electrons. The summed E-state index contributed by atoms with van der Waals surface area (Å²) in [5.41, 5.74) is 2.92. The van der Waals surface area contributed by atoms with E-state index in [0.29, 0.717) is 6.54 Å². The van der Waals surface area contributed by atoms with Gasteiger partial charge >= 0.3 is 0 Å². The summed E-state index contributed by atoms with van der Waals surface area (Å²) in [7, 11) is 1.98. The highest BCUT2D eigenvalue weighted by molar-refractivity contribution is 7.07. The Labute approximate surface area is 93.5 Å². The standard InChI is InChI=1S/C10H15N3OS/c1-12-4-5-13(10(14)6-12)3-2-9-7-15-8-11-9/h7-8H,2-6H2,1H3. The number of nitrogens with zero attached hydrogens (tertiary/aromatic N) is 3. The summed E-state index contributed by atoms with van der Waals surface area (Å²) in [4.78, 5) is 19.8. The van der Waals surface area contributed by atoms with Gasteiger partial charge in [0.15, 0.2) is 0 Å². The molecule has 1 aliphatic heterocycles. The Balaban J connectivity index is 1.82. The van der Waals surface area contributed by atoms with Gasteiger partial charge in [0.1, 0.15) is 0 Å². The van der Waals surface area contributed by atoms with Gasteiger partial charge in [0.2, 0.25) is 5.91 Å². The molecule has 1 fully saturated rings. The first-order valence-electron chi connectivity index (χ1n) is 5.09. The van der Waals surface area contributed by atoms with Crippen LogP contribution in [0.5, 0.6) is 0 Å². The van der Waals surface area contributed by atoms with E-state index in [0.717, 1.165) is 31.7 Å². The Morgan fingerprint density at radius 2 is 2.40 bits per heavy atom. The minimum absolute atomic E-state index is 0.235. The third kappa shape index (κ3) is 2.76. The molecule has 0 unspecified atom stereocenters. The first-order chi connectivity index (χ1) is 7.25. The average molecular weight is 225 g/mol. The van der Waals surface area contributed by atoms with Gasteiger partial charge in [0.25, 0.3) is 0 Å². The van der Waals surface area contributed by atoms with Crippen molar-refractivity contribution in [3.63, 3.8) is 0 Å². The summed E-state index contributed by atoms with van der Waals surface area (Å²) in [6.07, 6.45) is 0.874. The summed E-state index contributed by atoms with van der Waals surface area (Å²) in [5, 5.41) is 2.04. The van der Waals surface area contributed by atoms with Crippen LogP contribution in [0.4, 0.5) is 0 Å². The summed E-state index contributed by atoms with van der Waals surface area (Å²) in [6, 6.07) is 0. The number of likely N-dealkylation sites (N-methyl/N-ethyl adjacent to an activating group) is 1. The highest BCUT2D eigenvalue weighted by atomic mass is 32.1. The van der Waals surface area contributed by atoms with Crippen molar-refractivity contribution in [2.45, 2.75) is 6.42 Å². The van der Waals surface area contributed by atoms with Crippen LogP contribution in [0.1, 0.15) is 5.69 Å². The minimum Gasteiger partial charge on any atom is -0.340 e. The van der Waals surface area contributed by atoms with Crippen LogP contribution in [-0.2, 0) is 11.2 Å². The second-order valence-corrected chi connectivity index (χ2v) is 4.57. The highest BCUT2D eigenvalue weighted by Gasteiger charge is 2.20. The quantitative estimate of drug-likeness (QED) is 0.750. The molecule has 15 heavy (non-hydrogen) atoms. The number of carbonyl (C=O) groups is 1. The molecule has 0 bridgehead atoms. The molecule has 5 heteroatoms. The van der Waals surface area contributed by atoms with Crippen LogP contribution >= 0.6 is 11.3 Å². The molecule has 0 atom stereocenters. The predicted molar refractivity (Wildman–Crippen MR) is 59.9 cm³/mol. The lowest BCUT2D eigenvalue weighted by Gasteiger charge is -2.31. The number of aromatic nitrogens is 1. The van der Waals surface area contributed by atoms with E-state index in [9.17, 15) is 4.79 Å². The highest BCUT2D eigenvalue weighted by Crippen LogP contribution is 2.05. The van der Waals surface area contributed by atoms with E-state index < -0.39 is 0 Å². The van der Waals surface area contributed by atoms with E-state index in [-0.39, 0.29) is 5.91 Å². The summed E-state index contributed by atoms with van der Waals surface area (Å²) >= 11 is 1.60. The van der Waals surface area contributed by atoms with Crippen LogP contribution in [0.25, 0.3) is 0 Å². The van der Waals surface area contributed by atoms with Crippen LogP contribution in [0.15, 0.2) is 10.9 Å². The maximum Gasteiger partial charge on any atom is 0.236 e. The molecule has 0 spiro atoms. The van der Waals surface area contributed by atoms with Gasteiger partial charge in [-0.15, -0.1) is 11.3 Å². The maximum atomic E-state index is 11.6. The molecule has 0 aromatic carbocycles. The van der Waals surface area contributed by atoms with Crippen molar-refractivity contribution in [1.82, 2.24) is 14.8 Å². The summed E-state index contributed by atoms with van der Waals surface area (Å²) < 4.78 is 0. The summed E-state index contributed by atoms with van der Waals surface area (Å²) in [5.74, 6) is 0.235. The SMILES string of the molecule is CN1CCN(CCc2cscn2)C(=O)C1. The number of rotatable bonds is 3. The third-order valence-electron chi connectivity index (χ3n) is 2.63. The van der Waals surface area contributed by atoms with Gasteiger partial charge < -0.3 is 4.90 Å². The molecule has 4 nitrogen and oxygen atoms in total. The van der Waals surface area contributed by atoms with Crippen LogP contribution in [0.2, 0.25) is 0 Å². The van der Waals surface area contributed by atoms with Crippen molar-refractivity contribution in [3.05, 3.63) is 16.6 Å². The lowest BCUT2D eigenvalue weighted by atomic mass is 10.2. The number of amides is 1. The zero-order valence-electron chi connectivity index (χ0n) is 8.85. The molecule has 2 rings (SSSR count). The maximum absolute atomic E-state index is 11.6. The van der Waals surface area contributed by atoms with Crippen LogP contribution < -0.4 is 0 Å². The number of thiazole rings is 1. The molecule has 1 amide bonds. The fourth-order valence-electron chi connectivity index (χ4n) is 1.67. The molecular weight excluding hydrogens is 210 g/mol. The number of carbonyl (C=O) groups excluding carboxylic acids is 1. The van der Waals surface area contributed by atoms with Gasteiger partial charge in [0, 0.05) is 31.4 Å². The van der Waals surface area contributed by atoms with Gasteiger partial charge in [-0.1, -0.05) is 0 Å². The second-order valence-electron chi connectivity index (χ2n) is 3.85. The Bertz CT molecular complexity index is 325. The minimum atomic E-state index is 0.235. The van der Waals surface area contributed by atoms with Crippen LogP contribution in [0, 0.1) is 0 Å². The Hall–Kier alpha value is -0.940. The zero-order chi connectivity index (χ0) is 10.7. The van der Waals surface area contributed by atoms with Crippen LogP contribution in [-0.4, -0.2) is 53.9 Å². The van der Waals surface area contributed by atoms with E-state index in [2.05, 4.69) is 9.88 Å². The van der Waals surface area contributed by atoms with Crippen molar-refractivity contribution < 1.29 is 4.79 Å². The molecule has 1 saturated heterocycles. The number of piperazine rings is 1. The Morgan fingerprint density at radius 3 is 3.07 bits per heavy atom. The van der Waals surface area contributed by atoms with Crippen molar-refractivity contribution in [1.29, 1.82) is 0 Å². The lowest BCUT2D eigenvalue weighted by Crippen LogP contribution is -2.49. The fourth-order valence-corrected chi connectivity index (χ4v) is 2.27. The number of hydrogen-bond acceptors (Lipinski definition) is 4.